The number of aliphatic hydroxyl groups is 1. The molecule has 0 unspecified atom stereocenters. The molecule has 0 aromatic carbocycles. The Kier molecular flexibility index (Phi) is 3.57. The van der Waals surface area contributed by atoms with Crippen LogP contribution >= 0.6 is 11.6 Å². The minimum atomic E-state index is -4.56. The van der Waals surface area contributed by atoms with Crippen molar-refractivity contribution in [1.29, 1.82) is 0 Å². The van der Waals surface area contributed by atoms with Gasteiger partial charge in [0.25, 0.3) is 0 Å². The van der Waals surface area contributed by atoms with Gasteiger partial charge in [0.05, 0.1) is 17.9 Å². The Morgan fingerprint density at radius 1 is 1.39 bits per heavy atom. The van der Waals surface area contributed by atoms with Crippen LogP contribution in [-0.4, -0.2) is 44.7 Å². The molecule has 0 bridgehead atoms. The summed E-state index contributed by atoms with van der Waals surface area (Å²) in [5.41, 5.74) is -2.55. The summed E-state index contributed by atoms with van der Waals surface area (Å²) in [4.78, 5) is 1.80. The predicted octanol–water partition coefficient (Wildman–Crippen LogP) is 1.88. The molecule has 4 nitrogen and oxygen atoms in total. The van der Waals surface area contributed by atoms with E-state index in [2.05, 4.69) is 5.10 Å². The van der Waals surface area contributed by atoms with Crippen LogP contribution in [0.1, 0.15) is 12.8 Å². The first kappa shape index (κ1) is 13.6. The van der Waals surface area contributed by atoms with E-state index >= 15 is 0 Å². The lowest BCUT2D eigenvalue weighted by Crippen LogP contribution is -2.53. The Labute approximate surface area is 107 Å². The molecule has 1 aromatic rings. The molecular formula is C10H13ClF3N3O. The largest absolute Gasteiger partial charge is 0.417 e. The third-order valence-corrected chi connectivity index (χ3v) is 3.35. The van der Waals surface area contributed by atoms with Crippen molar-refractivity contribution >= 4 is 11.6 Å². The van der Waals surface area contributed by atoms with E-state index in [4.69, 9.17) is 11.6 Å². The van der Waals surface area contributed by atoms with E-state index in [1.54, 1.807) is 15.8 Å². The van der Waals surface area contributed by atoms with Crippen LogP contribution in [0.25, 0.3) is 0 Å². The molecule has 0 amide bonds. The van der Waals surface area contributed by atoms with Gasteiger partial charge in [-0.05, 0) is 12.8 Å². The summed E-state index contributed by atoms with van der Waals surface area (Å²) in [6.45, 7) is 0.724. The molecule has 1 saturated heterocycles. The lowest BCUT2D eigenvalue weighted by molar-refractivity contribution is -0.273. The molecular weight excluding hydrogens is 271 g/mol. The van der Waals surface area contributed by atoms with E-state index in [1.807, 2.05) is 0 Å². The number of hydrogen-bond donors (Lipinski definition) is 1. The number of alkyl halides is 3. The predicted molar refractivity (Wildman–Crippen MR) is 59.0 cm³/mol. The van der Waals surface area contributed by atoms with Crippen molar-refractivity contribution < 1.29 is 18.3 Å². The zero-order chi connectivity index (χ0) is 13.4. The first-order chi connectivity index (χ1) is 8.30. The number of hydrogen-bond acceptors (Lipinski definition) is 3. The second-order valence-corrected chi connectivity index (χ2v) is 4.92. The smallest absolute Gasteiger partial charge is 0.380 e. The Morgan fingerprint density at radius 2 is 2.00 bits per heavy atom. The maximum atomic E-state index is 12.6. The van der Waals surface area contributed by atoms with E-state index in [0.29, 0.717) is 11.7 Å². The molecule has 0 atom stereocenters. The quantitative estimate of drug-likeness (QED) is 0.901. The molecule has 2 rings (SSSR count). The Balaban J connectivity index is 1.91. The first-order valence-corrected chi connectivity index (χ1v) is 5.87. The Morgan fingerprint density at radius 3 is 2.44 bits per heavy atom. The van der Waals surface area contributed by atoms with Crippen molar-refractivity contribution in [2.24, 2.45) is 0 Å². The lowest BCUT2D eigenvalue weighted by Gasteiger charge is -2.38. The van der Waals surface area contributed by atoms with Gasteiger partial charge >= 0.3 is 6.18 Å². The second-order valence-electron chi connectivity index (χ2n) is 4.49. The van der Waals surface area contributed by atoms with Gasteiger partial charge in [-0.1, -0.05) is 11.6 Å². The van der Waals surface area contributed by atoms with Gasteiger partial charge in [-0.2, -0.15) is 18.3 Å². The molecule has 0 saturated carbocycles. The van der Waals surface area contributed by atoms with Gasteiger partial charge in [0, 0.05) is 19.3 Å². The summed E-state index contributed by atoms with van der Waals surface area (Å²) in [5.74, 6) is 0. The first-order valence-electron chi connectivity index (χ1n) is 5.50. The molecule has 8 heteroatoms. The van der Waals surface area contributed by atoms with E-state index < -0.39 is 11.8 Å². The van der Waals surface area contributed by atoms with Crippen LogP contribution in [0.2, 0.25) is 5.02 Å². The van der Waals surface area contributed by atoms with Gasteiger partial charge in [0.2, 0.25) is 0 Å². The van der Waals surface area contributed by atoms with Gasteiger partial charge in [-0.3, -0.25) is 9.58 Å². The van der Waals surface area contributed by atoms with E-state index in [0.717, 1.165) is 0 Å². The third kappa shape index (κ3) is 2.78. The molecule has 18 heavy (non-hydrogen) atoms. The van der Waals surface area contributed by atoms with Crippen LogP contribution in [0.5, 0.6) is 0 Å². The van der Waals surface area contributed by atoms with Crippen molar-refractivity contribution in [3.63, 3.8) is 0 Å². The third-order valence-electron chi connectivity index (χ3n) is 3.16. The number of aromatic nitrogens is 2. The van der Waals surface area contributed by atoms with Gasteiger partial charge < -0.3 is 5.11 Å². The van der Waals surface area contributed by atoms with Crippen LogP contribution in [-0.2, 0) is 6.67 Å². The van der Waals surface area contributed by atoms with Crippen LogP contribution < -0.4 is 0 Å². The topological polar surface area (TPSA) is 41.3 Å². The van der Waals surface area contributed by atoms with E-state index in [-0.39, 0.29) is 25.9 Å². The Hall–Kier alpha value is -0.790. The average Bonchev–Trinajstić information content (AvgIpc) is 2.66. The number of halogens is 4. The highest BCUT2D eigenvalue weighted by Gasteiger charge is 2.54. The summed E-state index contributed by atoms with van der Waals surface area (Å²) >= 11 is 5.69. The SMILES string of the molecule is OC1(C(F)(F)F)CCN(Cn2cc(Cl)cn2)CC1. The lowest BCUT2D eigenvalue weighted by atomic mass is 9.91. The van der Waals surface area contributed by atoms with E-state index in [9.17, 15) is 18.3 Å². The summed E-state index contributed by atoms with van der Waals surface area (Å²) in [5, 5.41) is 13.9. The van der Waals surface area contributed by atoms with Crippen molar-refractivity contribution in [2.45, 2.75) is 31.3 Å². The van der Waals surface area contributed by atoms with Crippen LogP contribution in [0.4, 0.5) is 13.2 Å². The molecule has 1 aliphatic rings. The monoisotopic (exact) mass is 283 g/mol. The summed E-state index contributed by atoms with van der Waals surface area (Å²) in [7, 11) is 0. The molecule has 0 aliphatic carbocycles. The summed E-state index contributed by atoms with van der Waals surface area (Å²) < 4.78 is 39.3. The van der Waals surface area contributed by atoms with Crippen LogP contribution in [0.15, 0.2) is 12.4 Å². The highest BCUT2D eigenvalue weighted by Crippen LogP contribution is 2.38. The Bertz CT molecular complexity index is 413. The van der Waals surface area contributed by atoms with Crippen LogP contribution in [0.3, 0.4) is 0 Å². The zero-order valence-electron chi connectivity index (χ0n) is 9.49. The molecule has 1 N–H and O–H groups in total. The van der Waals surface area contributed by atoms with Crippen molar-refractivity contribution in [1.82, 2.24) is 14.7 Å². The molecule has 1 aromatic heterocycles. The fourth-order valence-corrected chi connectivity index (χ4v) is 2.12. The van der Waals surface area contributed by atoms with Gasteiger partial charge in [-0.15, -0.1) is 0 Å². The molecule has 0 spiro atoms. The summed E-state index contributed by atoms with van der Waals surface area (Å²) in [6.07, 6.45) is -2.12. The van der Waals surface area contributed by atoms with Crippen LogP contribution in [0, 0.1) is 0 Å². The minimum absolute atomic E-state index is 0.174. The number of rotatable bonds is 2. The molecule has 2 heterocycles. The number of piperidine rings is 1. The molecule has 1 fully saturated rings. The van der Waals surface area contributed by atoms with Gasteiger partial charge in [0.15, 0.2) is 5.60 Å². The van der Waals surface area contributed by atoms with E-state index in [1.165, 1.54) is 6.20 Å². The van der Waals surface area contributed by atoms with Crippen molar-refractivity contribution in [2.75, 3.05) is 13.1 Å². The highest BCUT2D eigenvalue weighted by atomic mass is 35.5. The van der Waals surface area contributed by atoms with Crippen molar-refractivity contribution in [3.05, 3.63) is 17.4 Å². The zero-order valence-corrected chi connectivity index (χ0v) is 10.2. The van der Waals surface area contributed by atoms with Crippen molar-refractivity contribution in [3.8, 4) is 0 Å². The average molecular weight is 284 g/mol. The minimum Gasteiger partial charge on any atom is -0.380 e. The molecule has 0 radical (unpaired) electrons. The number of nitrogens with zero attached hydrogens (tertiary/aromatic N) is 3. The highest BCUT2D eigenvalue weighted by molar-refractivity contribution is 6.30. The molecule has 1 aliphatic heterocycles. The standard InChI is InChI=1S/C10H13ClF3N3O/c11-8-5-15-17(6-8)7-16-3-1-9(18,2-4-16)10(12,13)14/h5-6,18H,1-4,7H2. The number of likely N-dealkylation sites (tertiary alicyclic amines) is 1. The summed E-state index contributed by atoms with van der Waals surface area (Å²) in [6, 6.07) is 0. The van der Waals surface area contributed by atoms with Gasteiger partial charge in [-0.25, -0.2) is 0 Å². The maximum absolute atomic E-state index is 12.6. The normalized spacial score (nSPS) is 21.2. The fourth-order valence-electron chi connectivity index (χ4n) is 1.97. The fraction of sp³-hybridized carbons (Fsp3) is 0.700. The molecule has 102 valence electrons. The van der Waals surface area contributed by atoms with Gasteiger partial charge in [0.1, 0.15) is 0 Å². The maximum Gasteiger partial charge on any atom is 0.417 e. The second kappa shape index (κ2) is 4.71.